The summed E-state index contributed by atoms with van der Waals surface area (Å²) in [7, 11) is 0. The minimum atomic E-state index is -0.609. The van der Waals surface area contributed by atoms with E-state index >= 15 is 0 Å². The lowest BCUT2D eigenvalue weighted by atomic mass is 10.1. The Kier molecular flexibility index (Phi) is 7.32. The van der Waals surface area contributed by atoms with Gasteiger partial charge in [0.25, 0.3) is 5.91 Å². The van der Waals surface area contributed by atoms with Crippen LogP contribution in [0.3, 0.4) is 0 Å². The van der Waals surface area contributed by atoms with Crippen molar-refractivity contribution >= 4 is 23.2 Å². The molecule has 0 aliphatic rings. The lowest BCUT2D eigenvalue weighted by molar-refractivity contribution is -0.128. The average molecular weight is 316 g/mol. The molecule has 1 atom stereocenters. The Labute approximate surface area is 129 Å². The van der Waals surface area contributed by atoms with Crippen LogP contribution in [0, 0.1) is 0 Å². The van der Waals surface area contributed by atoms with Crippen molar-refractivity contribution in [1.29, 1.82) is 0 Å². The number of rotatable bonds is 8. The molecule has 0 fully saturated rings. The van der Waals surface area contributed by atoms with Crippen molar-refractivity contribution in [3.05, 3.63) is 17.2 Å². The molecule has 1 rings (SSSR count). The molecule has 0 aromatic heterocycles. The Morgan fingerprint density at radius 3 is 2.67 bits per heavy atom. The Balaban J connectivity index is 2.83. The molecule has 0 saturated heterocycles. The predicted molar refractivity (Wildman–Crippen MR) is 83.0 cm³/mol. The maximum atomic E-state index is 12.2. The zero-order valence-corrected chi connectivity index (χ0v) is 13.1. The van der Waals surface area contributed by atoms with Gasteiger partial charge < -0.3 is 20.3 Å². The van der Waals surface area contributed by atoms with Gasteiger partial charge in [-0.15, -0.1) is 0 Å². The van der Waals surface area contributed by atoms with Crippen molar-refractivity contribution in [3.8, 4) is 11.5 Å². The van der Waals surface area contributed by atoms with Crippen molar-refractivity contribution in [2.45, 2.75) is 45.6 Å². The fourth-order valence-electron chi connectivity index (χ4n) is 1.82. The first-order valence-electron chi connectivity index (χ1n) is 7.14. The number of aromatic hydroxyl groups is 2. The highest BCUT2D eigenvalue weighted by atomic mass is 35.5. The molecule has 21 heavy (non-hydrogen) atoms. The number of phenols is 2. The summed E-state index contributed by atoms with van der Waals surface area (Å²) in [5, 5.41) is 22.1. The van der Waals surface area contributed by atoms with Crippen LogP contribution in [0.5, 0.6) is 11.5 Å². The molecule has 0 heterocycles. The summed E-state index contributed by atoms with van der Waals surface area (Å²) < 4.78 is 5.53. The smallest absolute Gasteiger partial charge is 0.253 e. The number of hydrogen-bond donors (Lipinski definition) is 3. The second kappa shape index (κ2) is 8.74. The molecular weight excluding hydrogens is 294 g/mol. The van der Waals surface area contributed by atoms with Gasteiger partial charge >= 0.3 is 0 Å². The van der Waals surface area contributed by atoms with E-state index in [2.05, 4.69) is 5.32 Å². The van der Waals surface area contributed by atoms with Crippen LogP contribution >= 0.6 is 11.6 Å². The van der Waals surface area contributed by atoms with Gasteiger partial charge in [-0.25, -0.2) is 0 Å². The van der Waals surface area contributed by atoms with Gasteiger partial charge in [-0.2, -0.15) is 0 Å². The molecule has 1 amide bonds. The van der Waals surface area contributed by atoms with Gasteiger partial charge in [0, 0.05) is 6.61 Å². The van der Waals surface area contributed by atoms with Crippen LogP contribution in [0.15, 0.2) is 12.1 Å². The highest BCUT2D eigenvalue weighted by Crippen LogP contribution is 2.38. The van der Waals surface area contributed by atoms with Gasteiger partial charge in [-0.3, -0.25) is 4.79 Å². The minimum absolute atomic E-state index is 0.0580. The molecule has 0 saturated carbocycles. The maximum Gasteiger partial charge on any atom is 0.253 e. The molecule has 0 aliphatic heterocycles. The van der Waals surface area contributed by atoms with E-state index in [1.807, 2.05) is 13.8 Å². The standard InChI is InChI=1S/C15H22ClNO4/c1-3-5-6-12(21-9-4-2)15(20)17-13-11(18)8-7-10(16)14(13)19/h7-8,12,18-19H,3-6,9H2,1-2H3,(H,17,20). The van der Waals surface area contributed by atoms with Gasteiger partial charge in [0.1, 0.15) is 17.5 Å². The molecule has 1 unspecified atom stereocenters. The number of benzene rings is 1. The first-order valence-corrected chi connectivity index (χ1v) is 7.51. The molecule has 0 bridgehead atoms. The Morgan fingerprint density at radius 2 is 2.05 bits per heavy atom. The molecule has 1 aromatic carbocycles. The molecule has 5 nitrogen and oxygen atoms in total. The van der Waals surface area contributed by atoms with Crippen LogP contribution in [-0.4, -0.2) is 28.8 Å². The average Bonchev–Trinajstić information content (AvgIpc) is 2.47. The summed E-state index contributed by atoms with van der Waals surface area (Å²) in [5.74, 6) is -0.991. The van der Waals surface area contributed by atoms with Crippen LogP contribution < -0.4 is 5.32 Å². The van der Waals surface area contributed by atoms with Crippen LogP contribution in [0.2, 0.25) is 5.02 Å². The maximum absolute atomic E-state index is 12.2. The van der Waals surface area contributed by atoms with Crippen molar-refractivity contribution < 1.29 is 19.7 Å². The number of carbonyl (C=O) groups is 1. The lowest BCUT2D eigenvalue weighted by Gasteiger charge is -2.18. The lowest BCUT2D eigenvalue weighted by Crippen LogP contribution is -2.31. The molecule has 3 N–H and O–H groups in total. The normalized spacial score (nSPS) is 12.1. The van der Waals surface area contributed by atoms with Gasteiger partial charge in [0.15, 0.2) is 5.75 Å². The third-order valence-electron chi connectivity index (χ3n) is 2.99. The summed E-state index contributed by atoms with van der Waals surface area (Å²) in [6.45, 7) is 4.47. The number of nitrogens with one attached hydrogen (secondary N) is 1. The van der Waals surface area contributed by atoms with Crippen molar-refractivity contribution in [1.82, 2.24) is 0 Å². The first kappa shape index (κ1) is 17.6. The van der Waals surface area contributed by atoms with Crippen LogP contribution in [0.1, 0.15) is 39.5 Å². The quantitative estimate of drug-likeness (QED) is 0.639. The monoisotopic (exact) mass is 315 g/mol. The van der Waals surface area contributed by atoms with E-state index in [0.29, 0.717) is 13.0 Å². The number of phenolic OH excluding ortho intramolecular Hbond substituents is 2. The number of anilines is 1. The van der Waals surface area contributed by atoms with Crippen LogP contribution in [-0.2, 0) is 9.53 Å². The summed E-state index contributed by atoms with van der Waals surface area (Å²) >= 11 is 5.77. The first-order chi connectivity index (χ1) is 10.0. The fourth-order valence-corrected chi connectivity index (χ4v) is 1.98. The molecule has 0 radical (unpaired) electrons. The summed E-state index contributed by atoms with van der Waals surface area (Å²) in [4.78, 5) is 12.2. The second-order valence-electron chi connectivity index (χ2n) is 4.78. The Morgan fingerprint density at radius 1 is 1.33 bits per heavy atom. The number of ether oxygens (including phenoxy) is 1. The third kappa shape index (κ3) is 5.10. The molecule has 0 spiro atoms. The number of hydrogen-bond acceptors (Lipinski definition) is 4. The van der Waals surface area contributed by atoms with E-state index in [1.165, 1.54) is 12.1 Å². The Bertz CT molecular complexity index is 471. The Hall–Kier alpha value is -1.46. The molecular formula is C15H22ClNO4. The second-order valence-corrected chi connectivity index (χ2v) is 5.19. The molecule has 1 aromatic rings. The molecule has 0 aliphatic carbocycles. The van der Waals surface area contributed by atoms with E-state index < -0.39 is 12.0 Å². The highest BCUT2D eigenvalue weighted by molar-refractivity contribution is 6.32. The van der Waals surface area contributed by atoms with Gasteiger partial charge in [0.05, 0.1) is 5.02 Å². The predicted octanol–water partition coefficient (Wildman–Crippen LogP) is 3.68. The molecule has 6 heteroatoms. The number of unbranched alkanes of at least 4 members (excludes halogenated alkanes) is 1. The zero-order chi connectivity index (χ0) is 15.8. The van der Waals surface area contributed by atoms with Crippen molar-refractivity contribution in [2.75, 3.05) is 11.9 Å². The summed E-state index contributed by atoms with van der Waals surface area (Å²) in [6.07, 6.45) is 2.60. The highest BCUT2D eigenvalue weighted by Gasteiger charge is 2.22. The van der Waals surface area contributed by atoms with E-state index in [4.69, 9.17) is 16.3 Å². The van der Waals surface area contributed by atoms with E-state index in [-0.39, 0.29) is 22.2 Å². The van der Waals surface area contributed by atoms with E-state index in [0.717, 1.165) is 19.3 Å². The van der Waals surface area contributed by atoms with Gasteiger partial charge in [-0.05, 0) is 25.0 Å². The van der Waals surface area contributed by atoms with E-state index in [1.54, 1.807) is 0 Å². The largest absolute Gasteiger partial charge is 0.506 e. The van der Waals surface area contributed by atoms with Crippen LogP contribution in [0.25, 0.3) is 0 Å². The SMILES string of the molecule is CCCCC(OCCC)C(=O)Nc1c(O)ccc(Cl)c1O. The summed E-state index contributed by atoms with van der Waals surface area (Å²) in [6, 6.07) is 2.66. The van der Waals surface area contributed by atoms with Crippen LogP contribution in [0.4, 0.5) is 5.69 Å². The number of amides is 1. The number of carbonyl (C=O) groups excluding carboxylic acids is 1. The number of halogens is 1. The van der Waals surface area contributed by atoms with Gasteiger partial charge in [-0.1, -0.05) is 38.3 Å². The topological polar surface area (TPSA) is 78.8 Å². The van der Waals surface area contributed by atoms with Gasteiger partial charge in [0.2, 0.25) is 0 Å². The molecule has 118 valence electrons. The zero-order valence-electron chi connectivity index (χ0n) is 12.4. The fraction of sp³-hybridized carbons (Fsp3) is 0.533. The summed E-state index contributed by atoms with van der Waals surface area (Å²) in [5.41, 5.74) is -0.0888. The van der Waals surface area contributed by atoms with Crippen molar-refractivity contribution in [3.63, 3.8) is 0 Å². The van der Waals surface area contributed by atoms with Crippen molar-refractivity contribution in [2.24, 2.45) is 0 Å². The van der Waals surface area contributed by atoms with E-state index in [9.17, 15) is 15.0 Å². The third-order valence-corrected chi connectivity index (χ3v) is 3.30. The minimum Gasteiger partial charge on any atom is -0.506 e.